The van der Waals surface area contributed by atoms with Gasteiger partial charge in [0.05, 0.1) is 5.92 Å². The normalized spacial score (nSPS) is 17.6. The Labute approximate surface area is 145 Å². The van der Waals surface area contributed by atoms with E-state index in [2.05, 4.69) is 5.32 Å². The van der Waals surface area contributed by atoms with Crippen molar-refractivity contribution in [3.05, 3.63) is 65.7 Å². The molecule has 0 radical (unpaired) electrons. The quantitative estimate of drug-likeness (QED) is 0.877. The predicted octanol–water partition coefficient (Wildman–Crippen LogP) is 3.08. The molecule has 4 nitrogen and oxygen atoms in total. The summed E-state index contributed by atoms with van der Waals surface area (Å²) >= 11 is 1.74. The van der Waals surface area contributed by atoms with Gasteiger partial charge in [0.1, 0.15) is 6.04 Å². The van der Waals surface area contributed by atoms with E-state index in [-0.39, 0.29) is 18.2 Å². The number of rotatable bonds is 5. The van der Waals surface area contributed by atoms with Crippen LogP contribution in [-0.2, 0) is 16.0 Å². The third-order valence-corrected chi connectivity index (χ3v) is 5.29. The van der Waals surface area contributed by atoms with Crippen LogP contribution in [0, 0.1) is 0 Å². The third kappa shape index (κ3) is 3.79. The van der Waals surface area contributed by atoms with Crippen molar-refractivity contribution in [3.63, 3.8) is 0 Å². The number of hydrogen-bond acceptors (Lipinski definition) is 3. The Morgan fingerprint density at radius 3 is 2.58 bits per heavy atom. The summed E-state index contributed by atoms with van der Waals surface area (Å²) in [6.07, 6.45) is 1.01. The number of carboxylic acids is 1. The molecule has 1 heterocycles. The molecule has 0 spiro atoms. The number of fused-ring (bicyclic) bond motifs is 1. The smallest absolute Gasteiger partial charge is 0.326 e. The number of carbonyl (C=O) groups is 2. The molecular formula is C19H19NO3S. The van der Waals surface area contributed by atoms with E-state index in [1.54, 1.807) is 11.8 Å². The van der Waals surface area contributed by atoms with Crippen molar-refractivity contribution in [2.75, 3.05) is 5.75 Å². The Bertz CT molecular complexity index is 732. The highest BCUT2D eigenvalue weighted by Gasteiger charge is 2.30. The molecule has 1 aliphatic rings. The van der Waals surface area contributed by atoms with Crippen LogP contribution >= 0.6 is 11.8 Å². The SMILES string of the molecule is O=C(N[C@@H](Cc1ccccc1)C(=O)O)C1CCSc2ccccc21. The van der Waals surface area contributed by atoms with E-state index in [0.717, 1.165) is 28.2 Å². The summed E-state index contributed by atoms with van der Waals surface area (Å²) in [5.74, 6) is -0.622. The topological polar surface area (TPSA) is 66.4 Å². The van der Waals surface area contributed by atoms with Gasteiger partial charge in [0.2, 0.25) is 5.91 Å². The monoisotopic (exact) mass is 341 g/mol. The van der Waals surface area contributed by atoms with Gasteiger partial charge >= 0.3 is 5.97 Å². The lowest BCUT2D eigenvalue weighted by atomic mass is 9.94. The van der Waals surface area contributed by atoms with Crippen molar-refractivity contribution >= 4 is 23.6 Å². The van der Waals surface area contributed by atoms with Gasteiger partial charge in [-0.1, -0.05) is 48.5 Å². The Morgan fingerprint density at radius 2 is 1.83 bits per heavy atom. The number of carbonyl (C=O) groups excluding carboxylic acids is 1. The molecular weight excluding hydrogens is 322 g/mol. The number of hydrogen-bond donors (Lipinski definition) is 2. The number of amides is 1. The lowest BCUT2D eigenvalue weighted by Crippen LogP contribution is -2.44. The van der Waals surface area contributed by atoms with Crippen molar-refractivity contribution in [2.24, 2.45) is 0 Å². The summed E-state index contributed by atoms with van der Waals surface area (Å²) in [5.41, 5.74) is 1.89. The molecule has 2 aromatic carbocycles. The zero-order valence-electron chi connectivity index (χ0n) is 13.1. The summed E-state index contributed by atoms with van der Waals surface area (Å²) in [6, 6.07) is 16.3. The Hall–Kier alpha value is -2.27. The minimum Gasteiger partial charge on any atom is -0.480 e. The van der Waals surface area contributed by atoms with Gasteiger partial charge in [-0.25, -0.2) is 4.79 Å². The van der Waals surface area contributed by atoms with E-state index in [1.807, 2.05) is 54.6 Å². The molecule has 0 aliphatic carbocycles. The first-order valence-corrected chi connectivity index (χ1v) is 8.92. The number of nitrogens with one attached hydrogen (secondary N) is 1. The van der Waals surface area contributed by atoms with Gasteiger partial charge < -0.3 is 10.4 Å². The van der Waals surface area contributed by atoms with Crippen molar-refractivity contribution in [1.82, 2.24) is 5.32 Å². The minimum atomic E-state index is -1.01. The second kappa shape index (κ2) is 7.53. The van der Waals surface area contributed by atoms with E-state index in [9.17, 15) is 14.7 Å². The van der Waals surface area contributed by atoms with Gasteiger partial charge in [-0.2, -0.15) is 0 Å². The van der Waals surface area contributed by atoms with E-state index in [1.165, 1.54) is 0 Å². The summed E-state index contributed by atoms with van der Waals surface area (Å²) < 4.78 is 0. The van der Waals surface area contributed by atoms with Crippen LogP contribution in [0.4, 0.5) is 0 Å². The highest BCUT2D eigenvalue weighted by atomic mass is 32.2. The van der Waals surface area contributed by atoms with Crippen LogP contribution in [0.15, 0.2) is 59.5 Å². The van der Waals surface area contributed by atoms with E-state index >= 15 is 0 Å². The molecule has 1 unspecified atom stereocenters. The Balaban J connectivity index is 1.74. The second-order valence-corrected chi connectivity index (χ2v) is 6.95. The lowest BCUT2D eigenvalue weighted by Gasteiger charge is -2.25. The molecule has 2 aromatic rings. The molecule has 0 bridgehead atoms. The first kappa shape index (κ1) is 16.6. The summed E-state index contributed by atoms with van der Waals surface area (Å²) in [7, 11) is 0. The average molecular weight is 341 g/mol. The fourth-order valence-corrected chi connectivity index (χ4v) is 4.06. The largest absolute Gasteiger partial charge is 0.480 e. The number of carboxylic acid groups (broad SMARTS) is 1. The molecule has 1 amide bonds. The van der Waals surface area contributed by atoms with Crippen molar-refractivity contribution in [1.29, 1.82) is 0 Å². The summed E-state index contributed by atoms with van der Waals surface area (Å²) in [4.78, 5) is 25.3. The maximum absolute atomic E-state index is 12.7. The minimum absolute atomic E-state index is 0.203. The van der Waals surface area contributed by atoms with Crippen LogP contribution in [0.25, 0.3) is 0 Å². The third-order valence-electron chi connectivity index (χ3n) is 4.17. The molecule has 0 saturated carbocycles. The van der Waals surface area contributed by atoms with Crippen LogP contribution < -0.4 is 5.32 Å². The van der Waals surface area contributed by atoms with Gasteiger partial charge in [0.15, 0.2) is 0 Å². The molecule has 24 heavy (non-hydrogen) atoms. The molecule has 5 heteroatoms. The van der Waals surface area contributed by atoms with Gasteiger partial charge in [0, 0.05) is 11.3 Å². The van der Waals surface area contributed by atoms with Crippen molar-refractivity contribution in [2.45, 2.75) is 29.7 Å². The van der Waals surface area contributed by atoms with Crippen LogP contribution in [0.1, 0.15) is 23.5 Å². The molecule has 124 valence electrons. The molecule has 3 rings (SSSR count). The van der Waals surface area contributed by atoms with Crippen molar-refractivity contribution in [3.8, 4) is 0 Å². The Kier molecular flexibility index (Phi) is 5.20. The first-order chi connectivity index (χ1) is 11.6. The second-order valence-electron chi connectivity index (χ2n) is 5.82. The number of benzene rings is 2. The molecule has 2 atom stereocenters. The summed E-state index contributed by atoms with van der Waals surface area (Å²) in [5, 5.41) is 12.2. The van der Waals surface area contributed by atoms with Gasteiger partial charge in [0.25, 0.3) is 0 Å². The standard InChI is InChI=1S/C19H19NO3S/c21-18(15-10-11-24-17-9-5-4-8-14(15)17)20-16(19(22)23)12-13-6-2-1-3-7-13/h1-9,15-16H,10-12H2,(H,20,21)(H,22,23)/t15?,16-/m0/s1. The Morgan fingerprint density at radius 1 is 1.12 bits per heavy atom. The first-order valence-electron chi connectivity index (χ1n) is 7.94. The molecule has 0 aromatic heterocycles. The lowest BCUT2D eigenvalue weighted by molar-refractivity contribution is -0.142. The van der Waals surface area contributed by atoms with Gasteiger partial charge in [-0.05, 0) is 29.4 Å². The highest BCUT2D eigenvalue weighted by molar-refractivity contribution is 7.99. The van der Waals surface area contributed by atoms with Crippen molar-refractivity contribution < 1.29 is 14.7 Å². The maximum Gasteiger partial charge on any atom is 0.326 e. The summed E-state index contributed by atoms with van der Waals surface area (Å²) in [6.45, 7) is 0. The van der Waals surface area contributed by atoms with Gasteiger partial charge in [-0.15, -0.1) is 11.8 Å². The fourth-order valence-electron chi connectivity index (χ4n) is 2.94. The van der Waals surface area contributed by atoms with Crippen LogP contribution in [0.5, 0.6) is 0 Å². The number of aliphatic carboxylic acids is 1. The van der Waals surface area contributed by atoms with E-state index in [0.29, 0.717) is 0 Å². The zero-order chi connectivity index (χ0) is 16.9. The molecule has 2 N–H and O–H groups in total. The predicted molar refractivity (Wildman–Crippen MR) is 94.2 cm³/mol. The fraction of sp³-hybridized carbons (Fsp3) is 0.263. The molecule has 0 fully saturated rings. The average Bonchev–Trinajstić information content (AvgIpc) is 2.61. The zero-order valence-corrected chi connectivity index (χ0v) is 14.0. The van der Waals surface area contributed by atoms with E-state index < -0.39 is 12.0 Å². The number of thioether (sulfide) groups is 1. The van der Waals surface area contributed by atoms with Gasteiger partial charge in [-0.3, -0.25) is 4.79 Å². The van der Waals surface area contributed by atoms with Crippen LogP contribution in [0.2, 0.25) is 0 Å². The van der Waals surface area contributed by atoms with Crippen LogP contribution in [0.3, 0.4) is 0 Å². The maximum atomic E-state index is 12.7. The highest BCUT2D eigenvalue weighted by Crippen LogP contribution is 2.37. The molecule has 0 saturated heterocycles. The van der Waals surface area contributed by atoms with Crippen LogP contribution in [-0.4, -0.2) is 28.8 Å². The van der Waals surface area contributed by atoms with E-state index in [4.69, 9.17) is 0 Å². The molecule has 1 aliphatic heterocycles.